The summed E-state index contributed by atoms with van der Waals surface area (Å²) in [7, 11) is 0. The minimum absolute atomic E-state index is 0.00542. The monoisotopic (exact) mass is 252 g/mol. The maximum absolute atomic E-state index is 11.0. The predicted molar refractivity (Wildman–Crippen MR) is 58.8 cm³/mol. The van der Waals surface area contributed by atoms with E-state index in [9.17, 15) is 4.79 Å². The standard InChI is InChI=1S/C9H8N4O3S/c1-4-12-13-9(16-4)17-7-6(8(14)15)2-5(10)3-11-7/h2-3H,10H2,1H3,(H,14,15). The second-order valence-electron chi connectivity index (χ2n) is 3.12. The van der Waals surface area contributed by atoms with Crippen molar-refractivity contribution in [2.75, 3.05) is 5.73 Å². The molecule has 0 unspecified atom stereocenters. The van der Waals surface area contributed by atoms with Crippen LogP contribution in [0.1, 0.15) is 16.2 Å². The molecule has 0 aliphatic heterocycles. The Morgan fingerprint density at radius 1 is 1.53 bits per heavy atom. The minimum atomic E-state index is -1.11. The molecule has 88 valence electrons. The second-order valence-corrected chi connectivity index (χ2v) is 4.06. The van der Waals surface area contributed by atoms with Crippen molar-refractivity contribution in [1.29, 1.82) is 0 Å². The van der Waals surface area contributed by atoms with Crippen molar-refractivity contribution in [3.05, 3.63) is 23.7 Å². The van der Waals surface area contributed by atoms with Gasteiger partial charge in [-0.05, 0) is 17.8 Å². The highest BCUT2D eigenvalue weighted by atomic mass is 32.2. The molecule has 2 heterocycles. The lowest BCUT2D eigenvalue weighted by molar-refractivity contribution is 0.0692. The molecule has 2 rings (SSSR count). The highest BCUT2D eigenvalue weighted by Gasteiger charge is 2.16. The van der Waals surface area contributed by atoms with Gasteiger partial charge < -0.3 is 15.3 Å². The van der Waals surface area contributed by atoms with Crippen LogP contribution in [0.2, 0.25) is 0 Å². The number of aryl methyl sites for hydroxylation is 1. The summed E-state index contributed by atoms with van der Waals surface area (Å²) in [6.45, 7) is 1.64. The Kier molecular flexibility index (Phi) is 2.96. The Hall–Kier alpha value is -2.09. The van der Waals surface area contributed by atoms with Crippen molar-refractivity contribution in [2.45, 2.75) is 17.2 Å². The summed E-state index contributed by atoms with van der Waals surface area (Å²) in [5.74, 6) is -0.705. The molecule has 0 aromatic carbocycles. The van der Waals surface area contributed by atoms with Gasteiger partial charge in [0, 0.05) is 6.92 Å². The smallest absolute Gasteiger partial charge is 0.338 e. The van der Waals surface area contributed by atoms with E-state index >= 15 is 0 Å². The number of nitrogens with two attached hydrogens (primary N) is 1. The quantitative estimate of drug-likeness (QED) is 0.837. The topological polar surface area (TPSA) is 115 Å². The third-order valence-electron chi connectivity index (χ3n) is 1.79. The van der Waals surface area contributed by atoms with Crippen molar-refractivity contribution in [1.82, 2.24) is 15.2 Å². The molecule has 3 N–H and O–H groups in total. The van der Waals surface area contributed by atoms with E-state index in [0.29, 0.717) is 5.89 Å². The molecule has 0 fully saturated rings. The summed E-state index contributed by atoms with van der Waals surface area (Å²) in [5.41, 5.74) is 5.77. The molecule has 0 saturated heterocycles. The normalized spacial score (nSPS) is 10.4. The van der Waals surface area contributed by atoms with Crippen molar-refractivity contribution < 1.29 is 14.3 Å². The number of hydrogen-bond donors (Lipinski definition) is 2. The summed E-state index contributed by atoms with van der Waals surface area (Å²) in [4.78, 5) is 14.9. The van der Waals surface area contributed by atoms with Crippen molar-refractivity contribution in [3.8, 4) is 0 Å². The SMILES string of the molecule is Cc1nnc(Sc2ncc(N)cc2C(=O)O)o1. The molecular formula is C9H8N4O3S. The van der Waals surface area contributed by atoms with E-state index in [-0.39, 0.29) is 21.5 Å². The molecular weight excluding hydrogens is 244 g/mol. The Labute approximate surface area is 100 Å². The summed E-state index contributed by atoms with van der Waals surface area (Å²) in [6.07, 6.45) is 1.37. The lowest BCUT2D eigenvalue weighted by atomic mass is 10.3. The number of anilines is 1. The molecule has 0 spiro atoms. The van der Waals surface area contributed by atoms with Crippen LogP contribution in [0.15, 0.2) is 26.9 Å². The zero-order chi connectivity index (χ0) is 12.4. The Morgan fingerprint density at radius 2 is 2.29 bits per heavy atom. The van der Waals surface area contributed by atoms with Gasteiger partial charge in [-0.1, -0.05) is 0 Å². The van der Waals surface area contributed by atoms with Gasteiger partial charge in [-0.3, -0.25) is 0 Å². The van der Waals surface area contributed by atoms with E-state index in [1.54, 1.807) is 6.92 Å². The molecule has 0 aliphatic carbocycles. The molecule has 8 heteroatoms. The molecule has 0 amide bonds. The average Bonchev–Trinajstić information content (AvgIpc) is 2.66. The zero-order valence-corrected chi connectivity index (χ0v) is 9.56. The van der Waals surface area contributed by atoms with Gasteiger partial charge in [0.25, 0.3) is 5.22 Å². The van der Waals surface area contributed by atoms with E-state index in [2.05, 4.69) is 15.2 Å². The lowest BCUT2D eigenvalue weighted by Crippen LogP contribution is -2.02. The summed E-state index contributed by atoms with van der Waals surface area (Å²) >= 11 is 0.984. The number of aromatic carboxylic acids is 1. The fraction of sp³-hybridized carbons (Fsp3) is 0.111. The van der Waals surface area contributed by atoms with Crippen molar-refractivity contribution in [2.24, 2.45) is 0 Å². The second kappa shape index (κ2) is 4.42. The van der Waals surface area contributed by atoms with Gasteiger partial charge in [-0.15, -0.1) is 10.2 Å². The van der Waals surface area contributed by atoms with Crippen LogP contribution < -0.4 is 5.73 Å². The van der Waals surface area contributed by atoms with Gasteiger partial charge in [-0.25, -0.2) is 9.78 Å². The first kappa shape index (κ1) is 11.4. The first-order valence-electron chi connectivity index (χ1n) is 4.53. The zero-order valence-electron chi connectivity index (χ0n) is 8.75. The largest absolute Gasteiger partial charge is 0.478 e. The number of carbonyl (C=O) groups is 1. The molecule has 7 nitrogen and oxygen atoms in total. The molecule has 2 aromatic heterocycles. The van der Waals surface area contributed by atoms with E-state index in [1.807, 2.05) is 0 Å². The fourth-order valence-corrected chi connectivity index (χ4v) is 1.88. The summed E-state index contributed by atoms with van der Waals surface area (Å²) in [6, 6.07) is 1.33. The third-order valence-corrected chi connectivity index (χ3v) is 2.65. The number of nitrogens with zero attached hydrogens (tertiary/aromatic N) is 3. The van der Waals surface area contributed by atoms with Crippen LogP contribution in [0.25, 0.3) is 0 Å². The molecule has 0 atom stereocenters. The van der Waals surface area contributed by atoms with Crippen LogP contribution in [0.3, 0.4) is 0 Å². The van der Waals surface area contributed by atoms with E-state index in [4.69, 9.17) is 15.3 Å². The Balaban J connectivity index is 2.35. The summed E-state index contributed by atoms with van der Waals surface area (Å²) in [5, 5.41) is 16.9. The number of carboxylic acids is 1. The first-order valence-corrected chi connectivity index (χ1v) is 5.34. The number of carboxylic acid groups (broad SMARTS) is 1. The Bertz CT molecular complexity index is 569. The summed E-state index contributed by atoms with van der Waals surface area (Å²) < 4.78 is 5.13. The van der Waals surface area contributed by atoms with Crippen LogP contribution in [-0.2, 0) is 0 Å². The van der Waals surface area contributed by atoms with Gasteiger partial charge in [-0.2, -0.15) is 0 Å². The van der Waals surface area contributed by atoms with E-state index < -0.39 is 5.97 Å². The maximum Gasteiger partial charge on any atom is 0.338 e. The van der Waals surface area contributed by atoms with E-state index in [1.165, 1.54) is 12.3 Å². The highest BCUT2D eigenvalue weighted by Crippen LogP contribution is 2.28. The van der Waals surface area contributed by atoms with Crippen molar-refractivity contribution in [3.63, 3.8) is 0 Å². The number of aromatic nitrogens is 3. The number of rotatable bonds is 3. The van der Waals surface area contributed by atoms with Crippen LogP contribution in [0, 0.1) is 6.92 Å². The van der Waals surface area contributed by atoms with Crippen molar-refractivity contribution >= 4 is 23.4 Å². The number of pyridine rings is 1. The average molecular weight is 252 g/mol. The molecule has 17 heavy (non-hydrogen) atoms. The lowest BCUT2D eigenvalue weighted by Gasteiger charge is -2.02. The number of hydrogen-bond acceptors (Lipinski definition) is 7. The first-order chi connectivity index (χ1) is 8.06. The van der Waals surface area contributed by atoms with Gasteiger partial charge in [0.2, 0.25) is 5.89 Å². The van der Waals surface area contributed by atoms with Crippen LogP contribution >= 0.6 is 11.8 Å². The fourth-order valence-electron chi connectivity index (χ4n) is 1.11. The molecule has 0 bridgehead atoms. The van der Waals surface area contributed by atoms with Gasteiger partial charge in [0.05, 0.1) is 17.4 Å². The van der Waals surface area contributed by atoms with Gasteiger partial charge >= 0.3 is 5.97 Å². The van der Waals surface area contributed by atoms with Gasteiger partial charge in [0.1, 0.15) is 5.03 Å². The minimum Gasteiger partial charge on any atom is -0.478 e. The Morgan fingerprint density at radius 3 is 2.88 bits per heavy atom. The molecule has 2 aromatic rings. The highest BCUT2D eigenvalue weighted by molar-refractivity contribution is 7.99. The van der Waals surface area contributed by atoms with Crippen LogP contribution in [-0.4, -0.2) is 26.3 Å². The van der Waals surface area contributed by atoms with Crippen LogP contribution in [0.5, 0.6) is 0 Å². The maximum atomic E-state index is 11.0. The third kappa shape index (κ3) is 2.53. The molecule has 0 aliphatic rings. The van der Waals surface area contributed by atoms with E-state index in [0.717, 1.165) is 11.8 Å². The molecule has 0 saturated carbocycles. The van der Waals surface area contributed by atoms with Gasteiger partial charge in [0.15, 0.2) is 0 Å². The van der Waals surface area contributed by atoms with Crippen LogP contribution in [0.4, 0.5) is 5.69 Å². The molecule has 0 radical (unpaired) electrons. The predicted octanol–water partition coefficient (Wildman–Crippen LogP) is 1.20. The number of nitrogen functional groups attached to an aromatic ring is 1.